The fraction of sp³-hybridized carbons (Fsp3) is 0.250. The van der Waals surface area contributed by atoms with E-state index >= 15 is 0 Å². The van der Waals surface area contributed by atoms with Crippen LogP contribution in [-0.2, 0) is 13.0 Å². The first kappa shape index (κ1) is 16.7. The Balaban J connectivity index is 1.81. The Kier molecular flexibility index (Phi) is 4.00. The Morgan fingerprint density at radius 2 is 2.04 bits per heavy atom. The fourth-order valence-corrected chi connectivity index (χ4v) is 4.01. The number of rotatable bonds is 2. The van der Waals surface area contributed by atoms with Gasteiger partial charge in [-0.05, 0) is 62.3 Å². The van der Waals surface area contributed by atoms with E-state index in [0.29, 0.717) is 27.8 Å². The molecule has 26 heavy (non-hydrogen) atoms. The number of nitrogens with one attached hydrogen (secondary N) is 1. The molecule has 3 aromatic rings. The second-order valence-corrected chi connectivity index (χ2v) is 6.98. The SMILES string of the molecule is CCn1c(=S)[nH]c2cc(C(=O)N3c4ccccc4C[C@H]3C)ccc2c1=O. The number of carbonyl (C=O) groups excluding carboxylic acids is 1. The van der Waals surface area contributed by atoms with E-state index in [1.165, 1.54) is 10.1 Å². The molecule has 132 valence electrons. The van der Waals surface area contributed by atoms with Gasteiger partial charge in [0.15, 0.2) is 4.77 Å². The Hall–Kier alpha value is -2.73. The van der Waals surface area contributed by atoms with E-state index in [1.54, 1.807) is 18.2 Å². The van der Waals surface area contributed by atoms with Gasteiger partial charge in [0.05, 0.1) is 10.9 Å². The molecule has 1 aliphatic rings. The molecule has 2 aromatic carbocycles. The first-order valence-electron chi connectivity index (χ1n) is 8.69. The molecule has 0 unspecified atom stereocenters. The number of amides is 1. The molecule has 0 radical (unpaired) electrons. The van der Waals surface area contributed by atoms with Gasteiger partial charge in [0.1, 0.15) is 0 Å². The first-order valence-corrected chi connectivity index (χ1v) is 9.10. The van der Waals surface area contributed by atoms with Crippen molar-refractivity contribution in [3.8, 4) is 0 Å². The molecule has 0 fully saturated rings. The minimum absolute atomic E-state index is 0.0664. The molecular formula is C20H19N3O2S. The van der Waals surface area contributed by atoms with Gasteiger partial charge < -0.3 is 9.88 Å². The standard InChI is InChI=1S/C20H19N3O2S/c1-3-22-19(25)15-9-8-14(11-16(15)21-20(22)26)18(24)23-12(2)10-13-6-4-5-7-17(13)23/h4-9,11-12H,3,10H2,1-2H3,(H,21,26)/t12-/m1/s1. The van der Waals surface area contributed by atoms with Gasteiger partial charge in [-0.3, -0.25) is 14.2 Å². The highest BCUT2D eigenvalue weighted by atomic mass is 32.1. The number of H-pyrrole nitrogens is 1. The molecule has 0 saturated heterocycles. The number of fused-ring (bicyclic) bond motifs is 2. The van der Waals surface area contributed by atoms with Crippen LogP contribution in [0.1, 0.15) is 29.8 Å². The van der Waals surface area contributed by atoms with E-state index in [2.05, 4.69) is 11.1 Å². The van der Waals surface area contributed by atoms with Crippen LogP contribution in [0.5, 0.6) is 0 Å². The maximum absolute atomic E-state index is 13.2. The number of para-hydroxylation sites is 1. The summed E-state index contributed by atoms with van der Waals surface area (Å²) in [4.78, 5) is 30.6. The fourth-order valence-electron chi connectivity index (χ4n) is 3.69. The maximum atomic E-state index is 13.2. The summed E-state index contributed by atoms with van der Waals surface area (Å²) in [6.07, 6.45) is 0.846. The lowest BCUT2D eigenvalue weighted by molar-refractivity contribution is 0.0981. The summed E-state index contributed by atoms with van der Waals surface area (Å²) in [6, 6.07) is 13.2. The monoisotopic (exact) mass is 365 g/mol. The summed E-state index contributed by atoms with van der Waals surface area (Å²) in [5, 5.41) is 0.534. The van der Waals surface area contributed by atoms with Gasteiger partial charge in [-0.15, -0.1) is 0 Å². The molecule has 6 heteroatoms. The van der Waals surface area contributed by atoms with E-state index < -0.39 is 0 Å². The summed E-state index contributed by atoms with van der Waals surface area (Å²) in [7, 11) is 0. The molecular weight excluding hydrogens is 346 g/mol. The number of benzene rings is 2. The molecule has 1 aromatic heterocycles. The van der Waals surface area contributed by atoms with Crippen molar-refractivity contribution in [3.05, 3.63) is 68.7 Å². The second kappa shape index (κ2) is 6.21. The van der Waals surface area contributed by atoms with Gasteiger partial charge in [-0.25, -0.2) is 0 Å². The summed E-state index contributed by atoms with van der Waals surface area (Å²) >= 11 is 5.27. The average molecular weight is 365 g/mol. The summed E-state index contributed by atoms with van der Waals surface area (Å²) in [5.74, 6) is -0.0664. The number of carbonyl (C=O) groups is 1. The second-order valence-electron chi connectivity index (χ2n) is 6.60. The van der Waals surface area contributed by atoms with Crippen LogP contribution in [0.2, 0.25) is 0 Å². The lowest BCUT2D eigenvalue weighted by Crippen LogP contribution is -2.35. The lowest BCUT2D eigenvalue weighted by atomic mass is 10.1. The van der Waals surface area contributed by atoms with Gasteiger partial charge in [-0.1, -0.05) is 18.2 Å². The minimum atomic E-state index is -0.134. The Morgan fingerprint density at radius 1 is 1.27 bits per heavy atom. The third-order valence-electron chi connectivity index (χ3n) is 4.97. The van der Waals surface area contributed by atoms with Crippen molar-refractivity contribution in [2.45, 2.75) is 32.9 Å². The van der Waals surface area contributed by atoms with Crippen LogP contribution in [-0.4, -0.2) is 21.5 Å². The van der Waals surface area contributed by atoms with Gasteiger partial charge in [0.25, 0.3) is 11.5 Å². The van der Waals surface area contributed by atoms with Crippen molar-refractivity contribution in [3.63, 3.8) is 0 Å². The van der Waals surface area contributed by atoms with E-state index in [0.717, 1.165) is 12.1 Å². The quantitative estimate of drug-likeness (QED) is 0.705. The molecule has 1 N–H and O–H groups in total. The number of aromatic amines is 1. The topological polar surface area (TPSA) is 58.1 Å². The third kappa shape index (κ3) is 2.49. The summed E-state index contributed by atoms with van der Waals surface area (Å²) in [5.41, 5.74) is 3.14. The maximum Gasteiger partial charge on any atom is 0.262 e. The van der Waals surface area contributed by atoms with Gasteiger partial charge in [0.2, 0.25) is 0 Å². The van der Waals surface area contributed by atoms with Crippen LogP contribution in [0.4, 0.5) is 5.69 Å². The third-order valence-corrected chi connectivity index (χ3v) is 5.29. The highest BCUT2D eigenvalue weighted by molar-refractivity contribution is 7.71. The summed E-state index contributed by atoms with van der Waals surface area (Å²) < 4.78 is 1.88. The van der Waals surface area contributed by atoms with Crippen molar-refractivity contribution >= 4 is 34.7 Å². The highest BCUT2D eigenvalue weighted by Gasteiger charge is 2.31. The number of hydrogen-bond acceptors (Lipinski definition) is 3. The van der Waals surface area contributed by atoms with E-state index in [4.69, 9.17) is 12.2 Å². The number of anilines is 1. The van der Waals surface area contributed by atoms with E-state index in [-0.39, 0.29) is 17.5 Å². The van der Waals surface area contributed by atoms with Crippen molar-refractivity contribution in [1.29, 1.82) is 0 Å². The lowest BCUT2D eigenvalue weighted by Gasteiger charge is -2.23. The molecule has 1 amide bonds. The number of nitrogens with zero attached hydrogens (tertiary/aromatic N) is 2. The molecule has 0 spiro atoms. The van der Waals surface area contributed by atoms with Gasteiger partial charge >= 0.3 is 0 Å². The Labute approximate surface area is 155 Å². The van der Waals surface area contributed by atoms with Gasteiger partial charge in [-0.2, -0.15) is 0 Å². The highest BCUT2D eigenvalue weighted by Crippen LogP contribution is 2.33. The van der Waals surface area contributed by atoms with Crippen LogP contribution in [0.15, 0.2) is 47.3 Å². The predicted molar refractivity (Wildman–Crippen MR) is 105 cm³/mol. The molecule has 1 atom stereocenters. The van der Waals surface area contributed by atoms with Crippen molar-refractivity contribution in [2.75, 3.05) is 4.90 Å². The molecule has 1 aliphatic heterocycles. The van der Waals surface area contributed by atoms with Crippen molar-refractivity contribution < 1.29 is 4.79 Å². The molecule has 4 rings (SSSR count). The van der Waals surface area contributed by atoms with Gasteiger partial charge in [0, 0.05) is 23.8 Å². The normalized spacial score (nSPS) is 16.1. The Morgan fingerprint density at radius 3 is 2.81 bits per heavy atom. The molecule has 2 heterocycles. The van der Waals surface area contributed by atoms with Crippen LogP contribution < -0.4 is 10.5 Å². The molecule has 0 bridgehead atoms. The molecule has 5 nitrogen and oxygen atoms in total. The van der Waals surface area contributed by atoms with Crippen LogP contribution >= 0.6 is 12.2 Å². The van der Waals surface area contributed by atoms with E-state index in [9.17, 15) is 9.59 Å². The number of hydrogen-bond donors (Lipinski definition) is 1. The average Bonchev–Trinajstić information content (AvgIpc) is 2.96. The van der Waals surface area contributed by atoms with Crippen molar-refractivity contribution in [1.82, 2.24) is 9.55 Å². The van der Waals surface area contributed by atoms with Crippen LogP contribution in [0, 0.1) is 4.77 Å². The zero-order chi connectivity index (χ0) is 18.4. The van der Waals surface area contributed by atoms with Crippen LogP contribution in [0.3, 0.4) is 0 Å². The molecule has 0 saturated carbocycles. The zero-order valence-corrected chi connectivity index (χ0v) is 15.5. The number of aromatic nitrogens is 2. The van der Waals surface area contributed by atoms with E-state index in [1.807, 2.05) is 36.9 Å². The van der Waals surface area contributed by atoms with Crippen molar-refractivity contribution in [2.24, 2.45) is 0 Å². The Bertz CT molecular complexity index is 1150. The predicted octanol–water partition coefficient (Wildman–Crippen LogP) is 3.67. The zero-order valence-electron chi connectivity index (χ0n) is 14.7. The largest absolute Gasteiger partial charge is 0.332 e. The first-order chi connectivity index (χ1) is 12.5. The minimum Gasteiger partial charge on any atom is -0.332 e. The van der Waals surface area contributed by atoms with Crippen LogP contribution in [0.25, 0.3) is 10.9 Å². The smallest absolute Gasteiger partial charge is 0.262 e. The summed E-state index contributed by atoms with van der Waals surface area (Å²) in [6.45, 7) is 4.43. The molecule has 0 aliphatic carbocycles.